The molecule has 0 fully saturated rings. The van der Waals surface area contributed by atoms with Gasteiger partial charge in [0, 0.05) is 12.6 Å². The van der Waals surface area contributed by atoms with Gasteiger partial charge in [0.25, 0.3) is 0 Å². The van der Waals surface area contributed by atoms with E-state index in [0.29, 0.717) is 0 Å². The lowest BCUT2D eigenvalue weighted by Gasteiger charge is -2.05. The van der Waals surface area contributed by atoms with Crippen molar-refractivity contribution < 1.29 is 0 Å². The summed E-state index contributed by atoms with van der Waals surface area (Å²) >= 11 is 0. The van der Waals surface area contributed by atoms with Crippen LogP contribution in [0.5, 0.6) is 0 Å². The van der Waals surface area contributed by atoms with Crippen molar-refractivity contribution in [2.75, 3.05) is 0 Å². The van der Waals surface area contributed by atoms with E-state index in [9.17, 15) is 0 Å². The third-order valence-electron chi connectivity index (χ3n) is 3.49. The van der Waals surface area contributed by atoms with Crippen LogP contribution in [0.2, 0.25) is 0 Å². The zero-order valence-corrected chi connectivity index (χ0v) is 10.8. The lowest BCUT2D eigenvalue weighted by atomic mass is 9.99. The molecule has 0 bridgehead atoms. The van der Waals surface area contributed by atoms with Crippen LogP contribution in [0.1, 0.15) is 29.3 Å². The van der Waals surface area contributed by atoms with E-state index in [1.807, 2.05) is 24.4 Å². The number of pyridine rings is 1. The summed E-state index contributed by atoms with van der Waals surface area (Å²) in [6.45, 7) is 4.36. The van der Waals surface area contributed by atoms with Crippen LogP contribution >= 0.6 is 0 Å². The van der Waals surface area contributed by atoms with Crippen LogP contribution in [0.15, 0.2) is 41.5 Å². The Kier molecular flexibility index (Phi) is 2.71. The molecular weight excluding hydrogens is 220 g/mol. The van der Waals surface area contributed by atoms with Crippen LogP contribution in [-0.4, -0.2) is 10.7 Å². The minimum absolute atomic E-state index is 0.902. The van der Waals surface area contributed by atoms with Crippen molar-refractivity contribution in [3.05, 3.63) is 58.9 Å². The van der Waals surface area contributed by atoms with E-state index in [4.69, 9.17) is 4.99 Å². The highest BCUT2D eigenvalue weighted by Gasteiger charge is 2.17. The van der Waals surface area contributed by atoms with E-state index in [1.54, 1.807) is 0 Å². The van der Waals surface area contributed by atoms with Crippen molar-refractivity contribution >= 4 is 11.4 Å². The van der Waals surface area contributed by atoms with E-state index in [-0.39, 0.29) is 0 Å². The minimum atomic E-state index is 0.902. The molecule has 2 aromatic rings. The second kappa shape index (κ2) is 4.37. The van der Waals surface area contributed by atoms with Gasteiger partial charge in [0.15, 0.2) is 0 Å². The minimum Gasteiger partial charge on any atom is -0.255 e. The summed E-state index contributed by atoms with van der Waals surface area (Å²) < 4.78 is 0. The molecule has 18 heavy (non-hydrogen) atoms. The first kappa shape index (κ1) is 11.1. The predicted molar refractivity (Wildman–Crippen MR) is 74.7 cm³/mol. The summed E-state index contributed by atoms with van der Waals surface area (Å²) in [5, 5.41) is 0. The molecule has 0 saturated heterocycles. The number of rotatable bonds is 2. The molecule has 1 aliphatic heterocycles. The predicted octanol–water partition coefficient (Wildman–Crippen LogP) is 3.63. The molecule has 2 heteroatoms. The Bertz CT molecular complexity index is 612. The number of fused-ring (bicyclic) bond motifs is 1. The summed E-state index contributed by atoms with van der Waals surface area (Å²) in [6.07, 6.45) is 3.81. The molecule has 0 unspecified atom stereocenters. The number of nitrogens with zero attached hydrogens (tertiary/aromatic N) is 2. The summed E-state index contributed by atoms with van der Waals surface area (Å²) in [5.41, 5.74) is 7.28. The van der Waals surface area contributed by atoms with Crippen molar-refractivity contribution in [1.29, 1.82) is 0 Å². The van der Waals surface area contributed by atoms with Crippen LogP contribution < -0.4 is 0 Å². The Morgan fingerprint density at radius 1 is 1.22 bits per heavy atom. The van der Waals surface area contributed by atoms with Crippen molar-refractivity contribution in [1.82, 2.24) is 4.98 Å². The SMILES string of the molecule is CCc1cc2c(cc1C)N=C(c1ccccn1)C2. The average Bonchev–Trinajstić information content (AvgIpc) is 2.81. The second-order valence-electron chi connectivity index (χ2n) is 4.71. The topological polar surface area (TPSA) is 25.2 Å². The van der Waals surface area contributed by atoms with Crippen molar-refractivity contribution in [2.24, 2.45) is 4.99 Å². The molecule has 0 spiro atoms. The standard InChI is InChI=1S/C16H16N2/c1-3-12-9-13-10-16(14-6-4-5-7-17-14)18-15(13)8-11(12)2/h4-9H,3,10H2,1-2H3. The summed E-state index contributed by atoms with van der Waals surface area (Å²) in [6, 6.07) is 10.5. The first-order valence-corrected chi connectivity index (χ1v) is 6.39. The fourth-order valence-electron chi connectivity index (χ4n) is 2.46. The Balaban J connectivity index is 2.00. The normalized spacial score (nSPS) is 13.3. The molecule has 0 amide bonds. The Hall–Kier alpha value is -1.96. The number of aromatic nitrogens is 1. The molecule has 2 nitrogen and oxygen atoms in total. The van der Waals surface area contributed by atoms with Gasteiger partial charge in [0.2, 0.25) is 0 Å². The molecule has 1 aromatic heterocycles. The maximum atomic E-state index is 4.71. The molecule has 3 rings (SSSR count). The Morgan fingerprint density at radius 2 is 2.11 bits per heavy atom. The highest BCUT2D eigenvalue weighted by Crippen LogP contribution is 2.31. The molecule has 2 heterocycles. The molecule has 0 N–H and O–H groups in total. The van der Waals surface area contributed by atoms with Crippen molar-refractivity contribution in [3.63, 3.8) is 0 Å². The third kappa shape index (κ3) is 1.84. The van der Waals surface area contributed by atoms with Gasteiger partial charge in [-0.1, -0.05) is 19.1 Å². The fraction of sp³-hybridized carbons (Fsp3) is 0.250. The lowest BCUT2D eigenvalue weighted by Crippen LogP contribution is -2.02. The maximum Gasteiger partial charge on any atom is 0.0848 e. The number of aliphatic imine (C=N–C) groups is 1. The molecular formula is C16H16N2. The number of hydrogen-bond acceptors (Lipinski definition) is 2. The fourth-order valence-corrected chi connectivity index (χ4v) is 2.46. The van der Waals surface area contributed by atoms with Gasteiger partial charge in [-0.15, -0.1) is 0 Å². The van der Waals surface area contributed by atoms with Crippen LogP contribution in [-0.2, 0) is 12.8 Å². The van der Waals surface area contributed by atoms with Gasteiger partial charge in [-0.2, -0.15) is 0 Å². The zero-order valence-electron chi connectivity index (χ0n) is 10.8. The highest BCUT2D eigenvalue weighted by atomic mass is 14.8. The largest absolute Gasteiger partial charge is 0.255 e. The van der Waals surface area contributed by atoms with E-state index in [0.717, 1.165) is 29.9 Å². The smallest absolute Gasteiger partial charge is 0.0848 e. The van der Waals surface area contributed by atoms with Crippen LogP contribution in [0.4, 0.5) is 5.69 Å². The third-order valence-corrected chi connectivity index (χ3v) is 3.49. The highest BCUT2D eigenvalue weighted by molar-refractivity contribution is 6.05. The summed E-state index contributed by atoms with van der Waals surface area (Å²) in [4.78, 5) is 9.09. The molecule has 0 aliphatic carbocycles. The van der Waals surface area contributed by atoms with Gasteiger partial charge in [-0.05, 0) is 48.2 Å². The summed E-state index contributed by atoms with van der Waals surface area (Å²) in [7, 11) is 0. The van der Waals surface area contributed by atoms with Gasteiger partial charge in [0.1, 0.15) is 0 Å². The molecule has 0 radical (unpaired) electrons. The van der Waals surface area contributed by atoms with Gasteiger partial charge in [0.05, 0.1) is 17.1 Å². The van der Waals surface area contributed by atoms with Crippen molar-refractivity contribution in [2.45, 2.75) is 26.7 Å². The lowest BCUT2D eigenvalue weighted by molar-refractivity contribution is 1.10. The number of hydrogen-bond donors (Lipinski definition) is 0. The van der Waals surface area contributed by atoms with E-state index in [1.165, 1.54) is 16.7 Å². The van der Waals surface area contributed by atoms with Crippen LogP contribution in [0, 0.1) is 6.92 Å². The van der Waals surface area contributed by atoms with Gasteiger partial charge in [-0.25, -0.2) is 0 Å². The van der Waals surface area contributed by atoms with Crippen LogP contribution in [0.25, 0.3) is 0 Å². The Morgan fingerprint density at radius 3 is 2.83 bits per heavy atom. The molecule has 1 aromatic carbocycles. The molecule has 0 atom stereocenters. The number of aryl methyl sites for hydroxylation is 2. The van der Waals surface area contributed by atoms with E-state index >= 15 is 0 Å². The zero-order chi connectivity index (χ0) is 12.5. The number of benzene rings is 1. The van der Waals surface area contributed by atoms with E-state index in [2.05, 4.69) is 31.0 Å². The van der Waals surface area contributed by atoms with Crippen molar-refractivity contribution in [3.8, 4) is 0 Å². The molecule has 0 saturated carbocycles. The Labute approximate surface area is 107 Å². The van der Waals surface area contributed by atoms with Crippen LogP contribution in [0.3, 0.4) is 0 Å². The van der Waals surface area contributed by atoms with E-state index < -0.39 is 0 Å². The molecule has 90 valence electrons. The second-order valence-corrected chi connectivity index (χ2v) is 4.71. The maximum absolute atomic E-state index is 4.71. The van der Waals surface area contributed by atoms with Gasteiger partial charge >= 0.3 is 0 Å². The average molecular weight is 236 g/mol. The quantitative estimate of drug-likeness (QED) is 0.781. The monoisotopic (exact) mass is 236 g/mol. The molecule has 1 aliphatic rings. The first-order valence-electron chi connectivity index (χ1n) is 6.39. The van der Waals surface area contributed by atoms with Gasteiger partial charge < -0.3 is 0 Å². The summed E-state index contributed by atoms with van der Waals surface area (Å²) in [5.74, 6) is 0. The first-order chi connectivity index (χ1) is 8.78. The van der Waals surface area contributed by atoms with Gasteiger partial charge in [-0.3, -0.25) is 9.98 Å².